The number of amides is 2. The van der Waals surface area contributed by atoms with Crippen LogP contribution in [-0.4, -0.2) is 22.8 Å². The van der Waals surface area contributed by atoms with E-state index in [1.807, 2.05) is 54.6 Å². The highest BCUT2D eigenvalue weighted by atomic mass is 16.2. The average molecular weight is 362 g/mol. The molecule has 2 amide bonds. The predicted molar refractivity (Wildman–Crippen MR) is 104 cm³/mol. The van der Waals surface area contributed by atoms with E-state index in [9.17, 15) is 9.59 Å². The molecule has 8 nitrogen and oxygen atoms in total. The summed E-state index contributed by atoms with van der Waals surface area (Å²) >= 11 is 0. The Labute approximate surface area is 154 Å². The fraction of sp³-hybridized carbons (Fsp3) is 0.0526. The Hall–Kier alpha value is -3.62. The van der Waals surface area contributed by atoms with Gasteiger partial charge in [0.2, 0.25) is 0 Å². The third kappa shape index (κ3) is 2.73. The van der Waals surface area contributed by atoms with Gasteiger partial charge >= 0.3 is 0 Å². The maximum absolute atomic E-state index is 12.3. The normalized spacial score (nSPS) is 16.8. The molecule has 0 bridgehead atoms. The van der Waals surface area contributed by atoms with Crippen molar-refractivity contribution in [3.05, 3.63) is 65.4 Å². The summed E-state index contributed by atoms with van der Waals surface area (Å²) < 4.78 is 0. The van der Waals surface area contributed by atoms with Gasteiger partial charge in [0.1, 0.15) is 11.7 Å². The standard InChI is InChI=1S/C19H18N6O2/c20-24-18(26)16-12(10-5-1-3-7-14(10)22-16)9-13-11-6-2-4-8-15(11)23-17(13)19(27)25-21/h1-9,16,22-23H,20-21H2,(H,24,26)(H,25,27). The topological polar surface area (TPSA) is 138 Å². The van der Waals surface area contributed by atoms with E-state index < -0.39 is 11.9 Å². The van der Waals surface area contributed by atoms with Crippen LogP contribution in [0.1, 0.15) is 21.6 Å². The minimum absolute atomic E-state index is 0.322. The van der Waals surface area contributed by atoms with E-state index in [0.29, 0.717) is 16.8 Å². The highest BCUT2D eigenvalue weighted by molar-refractivity contribution is 6.12. The van der Waals surface area contributed by atoms with Crippen molar-refractivity contribution < 1.29 is 9.59 Å². The van der Waals surface area contributed by atoms with Crippen LogP contribution in [0.15, 0.2) is 48.5 Å². The van der Waals surface area contributed by atoms with Gasteiger partial charge in [0, 0.05) is 27.7 Å². The Kier molecular flexibility index (Phi) is 4.11. The van der Waals surface area contributed by atoms with Crippen molar-refractivity contribution in [2.45, 2.75) is 6.04 Å². The van der Waals surface area contributed by atoms with Crippen molar-refractivity contribution >= 4 is 40.1 Å². The SMILES string of the molecule is NNC(=O)c1[nH]c2ccccc2c1C=C1c2ccccc2NC1C(=O)NN. The molecule has 0 radical (unpaired) electrons. The van der Waals surface area contributed by atoms with Gasteiger partial charge in [-0.1, -0.05) is 36.4 Å². The van der Waals surface area contributed by atoms with Crippen LogP contribution >= 0.6 is 0 Å². The lowest BCUT2D eigenvalue weighted by molar-refractivity contribution is -0.120. The summed E-state index contributed by atoms with van der Waals surface area (Å²) in [5, 5.41) is 4.01. The number of hydrogen-bond acceptors (Lipinski definition) is 5. The number of nitrogens with one attached hydrogen (secondary N) is 4. The largest absolute Gasteiger partial charge is 0.370 e. The summed E-state index contributed by atoms with van der Waals surface area (Å²) in [5.74, 6) is 9.88. The number of carbonyl (C=O) groups is 2. The molecule has 27 heavy (non-hydrogen) atoms. The Morgan fingerprint density at radius 2 is 1.74 bits per heavy atom. The zero-order valence-electron chi connectivity index (χ0n) is 14.2. The van der Waals surface area contributed by atoms with Gasteiger partial charge in [-0.15, -0.1) is 0 Å². The molecule has 1 aliphatic rings. The molecule has 3 aromatic rings. The van der Waals surface area contributed by atoms with Gasteiger partial charge in [0.05, 0.1) is 0 Å². The molecule has 1 atom stereocenters. The van der Waals surface area contributed by atoms with E-state index in [-0.39, 0.29) is 5.91 Å². The molecule has 1 aliphatic heterocycles. The number of anilines is 1. The molecule has 0 fully saturated rings. The molecule has 2 heterocycles. The third-order valence-corrected chi connectivity index (χ3v) is 4.66. The Morgan fingerprint density at radius 1 is 1.00 bits per heavy atom. The Morgan fingerprint density at radius 3 is 2.52 bits per heavy atom. The summed E-state index contributed by atoms with van der Waals surface area (Å²) in [4.78, 5) is 27.7. The summed E-state index contributed by atoms with van der Waals surface area (Å²) in [6.07, 6.45) is 1.82. The summed E-state index contributed by atoms with van der Waals surface area (Å²) in [6.45, 7) is 0. The molecule has 1 aromatic heterocycles. The number of hydrazine groups is 2. The van der Waals surface area contributed by atoms with Gasteiger partial charge in [0.15, 0.2) is 0 Å². The highest BCUT2D eigenvalue weighted by Crippen LogP contribution is 2.38. The number of aromatic amines is 1. The van der Waals surface area contributed by atoms with Crippen molar-refractivity contribution in [2.75, 3.05) is 5.32 Å². The van der Waals surface area contributed by atoms with Gasteiger partial charge < -0.3 is 10.3 Å². The van der Waals surface area contributed by atoms with Gasteiger partial charge in [-0.05, 0) is 23.8 Å². The fourth-order valence-corrected chi connectivity index (χ4v) is 3.42. The molecule has 0 saturated carbocycles. The molecule has 8 N–H and O–H groups in total. The number of rotatable bonds is 3. The first-order valence-electron chi connectivity index (χ1n) is 8.33. The lowest BCUT2D eigenvalue weighted by atomic mass is 9.97. The van der Waals surface area contributed by atoms with Crippen LogP contribution in [0.25, 0.3) is 22.6 Å². The summed E-state index contributed by atoms with van der Waals surface area (Å²) in [7, 11) is 0. The second-order valence-electron chi connectivity index (χ2n) is 6.16. The van der Waals surface area contributed by atoms with Gasteiger partial charge in [-0.2, -0.15) is 0 Å². The first-order chi connectivity index (χ1) is 13.1. The van der Waals surface area contributed by atoms with Crippen molar-refractivity contribution in [1.29, 1.82) is 0 Å². The van der Waals surface area contributed by atoms with E-state index in [1.165, 1.54) is 0 Å². The second-order valence-corrected chi connectivity index (χ2v) is 6.16. The van der Waals surface area contributed by atoms with Crippen molar-refractivity contribution in [1.82, 2.24) is 15.8 Å². The lowest BCUT2D eigenvalue weighted by Crippen LogP contribution is -2.41. The first kappa shape index (κ1) is 16.8. The maximum Gasteiger partial charge on any atom is 0.282 e. The Bertz CT molecular complexity index is 1080. The first-order valence-corrected chi connectivity index (χ1v) is 8.33. The van der Waals surface area contributed by atoms with Crippen molar-refractivity contribution in [3.8, 4) is 0 Å². The number of H-pyrrole nitrogens is 1. The fourth-order valence-electron chi connectivity index (χ4n) is 3.42. The number of benzene rings is 2. The zero-order valence-corrected chi connectivity index (χ0v) is 14.2. The van der Waals surface area contributed by atoms with E-state index in [4.69, 9.17) is 11.7 Å². The molecule has 4 rings (SSSR count). The number of nitrogens with two attached hydrogens (primary N) is 2. The van der Waals surface area contributed by atoms with E-state index in [2.05, 4.69) is 21.2 Å². The molecular formula is C19H18N6O2. The van der Waals surface area contributed by atoms with Crippen LogP contribution in [0.5, 0.6) is 0 Å². The van der Waals surface area contributed by atoms with E-state index >= 15 is 0 Å². The van der Waals surface area contributed by atoms with Crippen LogP contribution in [0.3, 0.4) is 0 Å². The number of nitrogen functional groups attached to an aromatic ring is 1. The molecule has 1 unspecified atom stereocenters. The van der Waals surface area contributed by atoms with Crippen LogP contribution in [0.4, 0.5) is 5.69 Å². The van der Waals surface area contributed by atoms with E-state index in [1.54, 1.807) is 0 Å². The van der Waals surface area contributed by atoms with Crippen molar-refractivity contribution in [3.63, 3.8) is 0 Å². The third-order valence-electron chi connectivity index (χ3n) is 4.66. The highest BCUT2D eigenvalue weighted by Gasteiger charge is 2.32. The summed E-state index contributed by atoms with van der Waals surface area (Å²) in [5.41, 5.74) is 8.51. The molecular weight excluding hydrogens is 344 g/mol. The quantitative estimate of drug-likeness (QED) is 0.235. The molecule has 0 aliphatic carbocycles. The molecule has 136 valence electrons. The molecule has 8 heteroatoms. The van der Waals surface area contributed by atoms with Crippen LogP contribution < -0.4 is 27.9 Å². The van der Waals surface area contributed by atoms with Crippen molar-refractivity contribution in [2.24, 2.45) is 11.7 Å². The predicted octanol–water partition coefficient (Wildman–Crippen LogP) is 1.10. The molecule has 2 aromatic carbocycles. The summed E-state index contributed by atoms with van der Waals surface area (Å²) in [6, 6.07) is 14.4. The molecule has 0 saturated heterocycles. The van der Waals surface area contributed by atoms with Crippen LogP contribution in [-0.2, 0) is 4.79 Å². The van der Waals surface area contributed by atoms with E-state index in [0.717, 1.165) is 22.2 Å². The minimum Gasteiger partial charge on any atom is -0.370 e. The second kappa shape index (κ2) is 6.60. The smallest absolute Gasteiger partial charge is 0.282 e. The minimum atomic E-state index is -0.671. The zero-order chi connectivity index (χ0) is 19.0. The molecule has 0 spiro atoms. The number of hydrogen-bond donors (Lipinski definition) is 6. The number of aromatic nitrogens is 1. The van der Waals surface area contributed by atoms with Crippen LogP contribution in [0.2, 0.25) is 0 Å². The monoisotopic (exact) mass is 362 g/mol. The van der Waals surface area contributed by atoms with Gasteiger partial charge in [-0.25, -0.2) is 11.7 Å². The number of para-hydroxylation sites is 2. The average Bonchev–Trinajstić information content (AvgIpc) is 3.26. The maximum atomic E-state index is 12.3. The van der Waals surface area contributed by atoms with Gasteiger partial charge in [0.25, 0.3) is 11.8 Å². The van der Waals surface area contributed by atoms with Gasteiger partial charge in [-0.3, -0.25) is 20.4 Å². The van der Waals surface area contributed by atoms with Crippen LogP contribution in [0, 0.1) is 0 Å². The number of carbonyl (C=O) groups excluding carboxylic acids is 2. The Balaban J connectivity index is 1.96. The lowest BCUT2D eigenvalue weighted by Gasteiger charge is -2.12. The number of fused-ring (bicyclic) bond motifs is 2.